The second-order valence-electron chi connectivity index (χ2n) is 7.83. The molecule has 0 aromatic heterocycles. The van der Waals surface area contributed by atoms with Gasteiger partial charge in [-0.05, 0) is 44.4 Å². The Morgan fingerprint density at radius 1 is 1.03 bits per heavy atom. The van der Waals surface area contributed by atoms with E-state index in [1.165, 1.54) is 4.90 Å². The molecule has 0 bridgehead atoms. The summed E-state index contributed by atoms with van der Waals surface area (Å²) in [6.07, 6.45) is 1.71. The van der Waals surface area contributed by atoms with Crippen LogP contribution >= 0.6 is 0 Å². The number of anilines is 1. The number of carbonyl (C=O) groups excluding carboxylic acids is 2. The monoisotopic (exact) mass is 459 g/mol. The number of hydrogen-bond donors (Lipinski definition) is 1. The Balaban J connectivity index is 2.41. The number of likely N-dealkylation sites (N-methyl/N-ethyl adjacent to an activating group) is 1. The van der Waals surface area contributed by atoms with Crippen LogP contribution in [0.5, 0.6) is 0 Å². The molecule has 174 valence electrons. The van der Waals surface area contributed by atoms with Crippen LogP contribution in [0, 0.1) is 6.92 Å². The van der Waals surface area contributed by atoms with Gasteiger partial charge in [-0.15, -0.1) is 0 Å². The molecule has 8 heteroatoms. The van der Waals surface area contributed by atoms with Gasteiger partial charge >= 0.3 is 0 Å². The lowest BCUT2D eigenvalue weighted by Gasteiger charge is -2.32. The van der Waals surface area contributed by atoms with Gasteiger partial charge in [0.1, 0.15) is 12.6 Å². The van der Waals surface area contributed by atoms with E-state index in [2.05, 4.69) is 5.32 Å². The van der Waals surface area contributed by atoms with Crippen molar-refractivity contribution < 1.29 is 18.0 Å². The van der Waals surface area contributed by atoms with E-state index in [0.717, 1.165) is 27.3 Å². The fraction of sp³-hybridized carbons (Fsp3) is 0.417. The molecule has 0 aliphatic rings. The van der Waals surface area contributed by atoms with E-state index < -0.39 is 22.0 Å². The summed E-state index contributed by atoms with van der Waals surface area (Å²) in [6.45, 7) is 7.62. The summed E-state index contributed by atoms with van der Waals surface area (Å²) < 4.78 is 26.4. The normalized spacial score (nSPS) is 12.2. The smallest absolute Gasteiger partial charge is 0.244 e. The summed E-state index contributed by atoms with van der Waals surface area (Å²) in [5.74, 6) is -0.728. The van der Waals surface area contributed by atoms with Crippen LogP contribution in [0.1, 0.15) is 37.5 Å². The molecule has 2 aromatic carbocycles. The molecular weight excluding hydrogens is 426 g/mol. The molecule has 1 atom stereocenters. The van der Waals surface area contributed by atoms with Crippen LogP contribution in [-0.2, 0) is 32.6 Å². The van der Waals surface area contributed by atoms with Crippen LogP contribution in [-0.4, -0.2) is 50.5 Å². The molecule has 0 aliphatic heterocycles. The van der Waals surface area contributed by atoms with Gasteiger partial charge in [0.15, 0.2) is 0 Å². The first-order valence-corrected chi connectivity index (χ1v) is 12.6. The van der Waals surface area contributed by atoms with Crippen molar-refractivity contribution >= 4 is 27.5 Å². The molecule has 0 heterocycles. The first-order chi connectivity index (χ1) is 15.1. The van der Waals surface area contributed by atoms with E-state index in [-0.39, 0.29) is 19.0 Å². The van der Waals surface area contributed by atoms with Gasteiger partial charge in [0.05, 0.1) is 11.9 Å². The van der Waals surface area contributed by atoms with Crippen LogP contribution in [0.4, 0.5) is 5.69 Å². The third-order valence-corrected chi connectivity index (χ3v) is 6.44. The largest absolute Gasteiger partial charge is 0.355 e. The van der Waals surface area contributed by atoms with Gasteiger partial charge in [0, 0.05) is 13.1 Å². The number of carbonyl (C=O) groups is 2. The molecule has 2 aromatic rings. The lowest BCUT2D eigenvalue weighted by atomic mass is 10.1. The molecule has 2 amide bonds. The lowest BCUT2D eigenvalue weighted by Crippen LogP contribution is -2.51. The Labute approximate surface area is 191 Å². The van der Waals surface area contributed by atoms with Crippen molar-refractivity contribution in [3.63, 3.8) is 0 Å². The molecule has 0 fully saturated rings. The van der Waals surface area contributed by atoms with Crippen molar-refractivity contribution in [1.82, 2.24) is 10.2 Å². The molecule has 0 radical (unpaired) electrons. The van der Waals surface area contributed by atoms with E-state index in [9.17, 15) is 18.0 Å². The quantitative estimate of drug-likeness (QED) is 0.592. The Bertz CT molecular complexity index is 1040. The molecule has 0 saturated heterocycles. The Morgan fingerprint density at radius 2 is 1.66 bits per heavy atom. The minimum Gasteiger partial charge on any atom is -0.355 e. The standard InChI is InChI=1S/C24H33N3O4S/c1-6-21-10-8-9-11-22(21)27(32(5,30)31)17-23(28)26(19(4)24(29)25-7-2)16-20-14-12-18(3)13-15-20/h8-15,19H,6-7,16-17H2,1-5H3,(H,25,29)/t19-/m0/s1. The minimum atomic E-state index is -3.73. The number of aryl methyl sites for hydroxylation is 2. The van der Waals surface area contributed by atoms with Crippen LogP contribution in [0.3, 0.4) is 0 Å². The summed E-state index contributed by atoms with van der Waals surface area (Å²) in [5, 5.41) is 2.74. The Morgan fingerprint density at radius 3 is 2.22 bits per heavy atom. The Hall–Kier alpha value is -2.87. The van der Waals surface area contributed by atoms with Crippen LogP contribution in [0.15, 0.2) is 48.5 Å². The number of hydrogen-bond acceptors (Lipinski definition) is 4. The highest BCUT2D eigenvalue weighted by atomic mass is 32.2. The van der Waals surface area contributed by atoms with Crippen LogP contribution < -0.4 is 9.62 Å². The van der Waals surface area contributed by atoms with Gasteiger partial charge in [0.25, 0.3) is 0 Å². The second-order valence-corrected chi connectivity index (χ2v) is 9.74. The van der Waals surface area contributed by atoms with Crippen molar-refractivity contribution in [2.45, 2.75) is 46.7 Å². The van der Waals surface area contributed by atoms with Crippen LogP contribution in [0.25, 0.3) is 0 Å². The van der Waals surface area contributed by atoms with E-state index in [1.807, 2.05) is 57.2 Å². The van der Waals surface area contributed by atoms with Gasteiger partial charge in [-0.25, -0.2) is 8.42 Å². The third kappa shape index (κ3) is 6.56. The molecule has 2 rings (SSSR count). The predicted molar refractivity (Wildman–Crippen MR) is 128 cm³/mol. The zero-order valence-corrected chi connectivity index (χ0v) is 20.3. The maximum Gasteiger partial charge on any atom is 0.244 e. The van der Waals surface area contributed by atoms with E-state index in [4.69, 9.17) is 0 Å². The molecule has 0 unspecified atom stereocenters. The SMILES string of the molecule is CCNC(=O)[C@H](C)N(Cc1ccc(C)cc1)C(=O)CN(c1ccccc1CC)S(C)(=O)=O. The van der Waals surface area contributed by atoms with Gasteiger partial charge in [0.2, 0.25) is 21.8 Å². The van der Waals surface area contributed by atoms with E-state index in [1.54, 1.807) is 19.1 Å². The first kappa shape index (κ1) is 25.4. The first-order valence-electron chi connectivity index (χ1n) is 10.8. The van der Waals surface area contributed by atoms with Crippen molar-refractivity contribution in [1.29, 1.82) is 0 Å². The summed E-state index contributed by atoms with van der Waals surface area (Å²) >= 11 is 0. The topological polar surface area (TPSA) is 86.8 Å². The average molecular weight is 460 g/mol. The van der Waals surface area contributed by atoms with Gasteiger partial charge in [-0.2, -0.15) is 0 Å². The van der Waals surface area contributed by atoms with Crippen molar-refractivity contribution in [2.24, 2.45) is 0 Å². The van der Waals surface area contributed by atoms with Crippen LogP contribution in [0.2, 0.25) is 0 Å². The average Bonchev–Trinajstić information content (AvgIpc) is 2.75. The van der Waals surface area contributed by atoms with Crippen molar-refractivity contribution in [2.75, 3.05) is 23.7 Å². The fourth-order valence-corrected chi connectivity index (χ4v) is 4.32. The number of benzene rings is 2. The molecular formula is C24H33N3O4S. The molecule has 0 aliphatic carbocycles. The summed E-state index contributed by atoms with van der Waals surface area (Å²) in [5.41, 5.74) is 3.25. The number of sulfonamides is 1. The van der Waals surface area contributed by atoms with E-state index >= 15 is 0 Å². The highest BCUT2D eigenvalue weighted by molar-refractivity contribution is 7.92. The number of nitrogens with zero attached hydrogens (tertiary/aromatic N) is 2. The third-order valence-electron chi connectivity index (χ3n) is 5.31. The fourth-order valence-electron chi connectivity index (χ4n) is 3.44. The maximum absolute atomic E-state index is 13.4. The molecule has 0 spiro atoms. The van der Waals surface area contributed by atoms with Gasteiger partial charge in [-0.1, -0.05) is 55.0 Å². The highest BCUT2D eigenvalue weighted by Crippen LogP contribution is 2.24. The number of nitrogens with one attached hydrogen (secondary N) is 1. The van der Waals surface area contributed by atoms with Gasteiger partial charge in [-0.3, -0.25) is 13.9 Å². The molecule has 0 saturated carbocycles. The number of amides is 2. The number of para-hydroxylation sites is 1. The molecule has 7 nitrogen and oxygen atoms in total. The van der Waals surface area contributed by atoms with Crippen molar-refractivity contribution in [3.8, 4) is 0 Å². The predicted octanol–water partition coefficient (Wildman–Crippen LogP) is 2.88. The minimum absolute atomic E-state index is 0.199. The van der Waals surface area contributed by atoms with E-state index in [0.29, 0.717) is 18.7 Å². The lowest BCUT2D eigenvalue weighted by molar-refractivity contribution is -0.139. The summed E-state index contributed by atoms with van der Waals surface area (Å²) in [7, 11) is -3.73. The maximum atomic E-state index is 13.4. The summed E-state index contributed by atoms with van der Waals surface area (Å²) in [6, 6.07) is 14.1. The zero-order chi connectivity index (χ0) is 23.9. The van der Waals surface area contributed by atoms with Gasteiger partial charge < -0.3 is 10.2 Å². The zero-order valence-electron chi connectivity index (χ0n) is 19.5. The molecule has 1 N–H and O–H groups in total. The summed E-state index contributed by atoms with van der Waals surface area (Å²) in [4.78, 5) is 27.4. The highest BCUT2D eigenvalue weighted by Gasteiger charge is 2.30. The second kappa shape index (κ2) is 11.1. The molecule has 32 heavy (non-hydrogen) atoms. The van der Waals surface area contributed by atoms with Crippen molar-refractivity contribution in [3.05, 3.63) is 65.2 Å². The number of rotatable bonds is 10. The Kier molecular flexibility index (Phi) is 8.83.